The summed E-state index contributed by atoms with van der Waals surface area (Å²) in [5.41, 5.74) is 4.82. The van der Waals surface area contributed by atoms with Crippen molar-refractivity contribution in [1.29, 1.82) is 0 Å². The van der Waals surface area contributed by atoms with Gasteiger partial charge in [0, 0.05) is 12.1 Å². The first-order valence-electron chi connectivity index (χ1n) is 8.22. The number of carbonyl (C=O) groups is 1. The summed E-state index contributed by atoms with van der Waals surface area (Å²) in [7, 11) is 0. The molecule has 0 aliphatic carbocycles. The third-order valence-electron chi connectivity index (χ3n) is 5.32. The second-order valence-corrected chi connectivity index (χ2v) is 7.68. The molecule has 0 spiro atoms. The monoisotopic (exact) mass is 299 g/mol. The van der Waals surface area contributed by atoms with Gasteiger partial charge in [0.25, 0.3) is 0 Å². The molecule has 0 fully saturated rings. The predicted molar refractivity (Wildman–Crippen MR) is 92.8 cm³/mol. The van der Waals surface area contributed by atoms with E-state index in [9.17, 15) is 4.79 Å². The summed E-state index contributed by atoms with van der Waals surface area (Å²) in [6, 6.07) is 6.53. The molecule has 0 radical (unpaired) electrons. The van der Waals surface area contributed by atoms with Crippen LogP contribution in [-0.4, -0.2) is 17.4 Å². The van der Waals surface area contributed by atoms with E-state index in [1.165, 1.54) is 16.7 Å². The van der Waals surface area contributed by atoms with Crippen LogP contribution in [0.25, 0.3) is 0 Å². The Morgan fingerprint density at radius 1 is 1.36 bits per heavy atom. The number of aryl methyl sites for hydroxylation is 1. The van der Waals surface area contributed by atoms with Gasteiger partial charge in [-0.3, -0.25) is 4.79 Å². The van der Waals surface area contributed by atoms with Gasteiger partial charge in [-0.05, 0) is 48.3 Å². The van der Waals surface area contributed by atoms with Crippen molar-refractivity contribution in [3.8, 4) is 0 Å². The molecule has 1 aromatic rings. The van der Waals surface area contributed by atoms with E-state index in [1.807, 2.05) is 4.90 Å². The fraction of sp³-hybridized carbons (Fsp3) is 0.550. The Morgan fingerprint density at radius 3 is 2.59 bits per heavy atom. The van der Waals surface area contributed by atoms with Crippen LogP contribution in [0.15, 0.2) is 30.4 Å². The number of hydrogen-bond acceptors (Lipinski definition) is 1. The summed E-state index contributed by atoms with van der Waals surface area (Å²) in [4.78, 5) is 14.9. The van der Waals surface area contributed by atoms with Crippen LogP contribution in [-0.2, 0) is 11.2 Å². The molecule has 0 aromatic heterocycles. The predicted octanol–water partition coefficient (Wildman–Crippen LogP) is 4.68. The fourth-order valence-electron chi connectivity index (χ4n) is 3.22. The lowest BCUT2D eigenvalue weighted by Crippen LogP contribution is -2.41. The first-order chi connectivity index (χ1) is 10.1. The van der Waals surface area contributed by atoms with Crippen LogP contribution in [0.5, 0.6) is 0 Å². The van der Waals surface area contributed by atoms with Crippen molar-refractivity contribution < 1.29 is 4.79 Å². The Bertz CT molecular complexity index is 594. The summed E-state index contributed by atoms with van der Waals surface area (Å²) in [6.45, 7) is 17.8. The maximum absolute atomic E-state index is 12.9. The fourth-order valence-corrected chi connectivity index (χ4v) is 3.22. The minimum atomic E-state index is 0.0558. The molecule has 2 rings (SSSR count). The first-order valence-corrected chi connectivity index (χ1v) is 8.22. The van der Waals surface area contributed by atoms with Gasteiger partial charge in [-0.15, -0.1) is 0 Å². The van der Waals surface area contributed by atoms with E-state index in [0.717, 1.165) is 18.5 Å². The number of hydrogen-bond donors (Lipinski definition) is 0. The molecule has 1 aliphatic heterocycles. The quantitative estimate of drug-likeness (QED) is 0.726. The van der Waals surface area contributed by atoms with Crippen molar-refractivity contribution in [2.24, 2.45) is 11.3 Å². The molecule has 2 heteroatoms. The third kappa shape index (κ3) is 2.97. The topological polar surface area (TPSA) is 20.3 Å². The standard InChI is InChI=1S/C20H29NO/c1-13-9-8-10-18-16(4)21(12-11-17(13)18)19(22)14(2)15(3)20(5,6)7/h8-10,15-16H,2,11-12H2,1,3-7H3. The molecule has 120 valence electrons. The second kappa shape index (κ2) is 5.91. The summed E-state index contributed by atoms with van der Waals surface area (Å²) in [6.07, 6.45) is 0.940. The van der Waals surface area contributed by atoms with E-state index in [-0.39, 0.29) is 23.3 Å². The van der Waals surface area contributed by atoms with Crippen LogP contribution in [0.3, 0.4) is 0 Å². The third-order valence-corrected chi connectivity index (χ3v) is 5.32. The van der Waals surface area contributed by atoms with Gasteiger partial charge >= 0.3 is 0 Å². The van der Waals surface area contributed by atoms with E-state index >= 15 is 0 Å². The van der Waals surface area contributed by atoms with Crippen molar-refractivity contribution in [2.45, 2.75) is 54.0 Å². The van der Waals surface area contributed by atoms with Gasteiger partial charge in [0.2, 0.25) is 5.91 Å². The first kappa shape index (κ1) is 16.8. The molecular weight excluding hydrogens is 270 g/mol. The van der Waals surface area contributed by atoms with Crippen molar-refractivity contribution >= 4 is 5.91 Å². The number of carbonyl (C=O) groups excluding carboxylic acids is 1. The lowest BCUT2D eigenvalue weighted by Gasteiger charge is -2.38. The Morgan fingerprint density at radius 2 is 2.00 bits per heavy atom. The van der Waals surface area contributed by atoms with Crippen LogP contribution in [0.1, 0.15) is 57.4 Å². The highest BCUT2D eigenvalue weighted by Gasteiger charge is 2.33. The van der Waals surface area contributed by atoms with E-state index in [0.29, 0.717) is 0 Å². The van der Waals surface area contributed by atoms with E-state index in [1.54, 1.807) is 0 Å². The second-order valence-electron chi connectivity index (χ2n) is 7.68. The lowest BCUT2D eigenvalue weighted by molar-refractivity contribution is -0.130. The minimum absolute atomic E-state index is 0.0558. The highest BCUT2D eigenvalue weighted by atomic mass is 16.2. The molecule has 2 nitrogen and oxygen atoms in total. The summed E-state index contributed by atoms with van der Waals surface area (Å²) < 4.78 is 0. The zero-order valence-electron chi connectivity index (χ0n) is 14.9. The SMILES string of the molecule is C=C(C(=O)N1CCc2c(C)cccc2C1C)C(C)C(C)(C)C. The highest BCUT2D eigenvalue weighted by molar-refractivity contribution is 5.93. The van der Waals surface area contributed by atoms with E-state index in [4.69, 9.17) is 0 Å². The lowest BCUT2D eigenvalue weighted by atomic mass is 9.77. The zero-order valence-corrected chi connectivity index (χ0v) is 14.9. The summed E-state index contributed by atoms with van der Waals surface area (Å²) in [5, 5.41) is 0. The number of amides is 1. The molecule has 0 saturated carbocycles. The number of fused-ring (bicyclic) bond motifs is 1. The van der Waals surface area contributed by atoms with Crippen LogP contribution in [0.4, 0.5) is 0 Å². The van der Waals surface area contributed by atoms with Crippen molar-refractivity contribution in [2.75, 3.05) is 6.54 Å². The molecule has 1 heterocycles. The summed E-state index contributed by atoms with van der Waals surface area (Å²) in [5.74, 6) is 0.285. The average Bonchev–Trinajstić information content (AvgIpc) is 2.45. The molecule has 0 bridgehead atoms. The van der Waals surface area contributed by atoms with Crippen LogP contribution < -0.4 is 0 Å². The van der Waals surface area contributed by atoms with Gasteiger partial charge < -0.3 is 4.90 Å². The number of benzene rings is 1. The Labute approximate surface area is 135 Å². The maximum Gasteiger partial charge on any atom is 0.249 e. The summed E-state index contributed by atoms with van der Waals surface area (Å²) >= 11 is 0. The molecule has 1 aromatic carbocycles. The molecular formula is C20H29NO. The van der Waals surface area contributed by atoms with Gasteiger partial charge in [-0.25, -0.2) is 0 Å². The Kier molecular flexibility index (Phi) is 4.51. The van der Waals surface area contributed by atoms with E-state index < -0.39 is 0 Å². The van der Waals surface area contributed by atoms with Crippen molar-refractivity contribution in [3.63, 3.8) is 0 Å². The molecule has 2 unspecified atom stereocenters. The van der Waals surface area contributed by atoms with E-state index in [2.05, 4.69) is 66.3 Å². The number of rotatable bonds is 2. The smallest absolute Gasteiger partial charge is 0.249 e. The zero-order chi connectivity index (χ0) is 16.7. The van der Waals surface area contributed by atoms with Gasteiger partial charge in [0.05, 0.1) is 6.04 Å². The molecule has 22 heavy (non-hydrogen) atoms. The molecule has 0 saturated heterocycles. The molecule has 1 aliphatic rings. The highest BCUT2D eigenvalue weighted by Crippen LogP contribution is 2.36. The Hall–Kier alpha value is -1.57. The number of nitrogens with zero attached hydrogens (tertiary/aromatic N) is 1. The minimum Gasteiger partial charge on any atom is -0.332 e. The van der Waals surface area contributed by atoms with Gasteiger partial charge in [0.1, 0.15) is 0 Å². The van der Waals surface area contributed by atoms with Gasteiger partial charge in [-0.1, -0.05) is 52.5 Å². The van der Waals surface area contributed by atoms with Crippen LogP contribution in [0.2, 0.25) is 0 Å². The molecule has 2 atom stereocenters. The van der Waals surface area contributed by atoms with Crippen LogP contribution in [0, 0.1) is 18.3 Å². The van der Waals surface area contributed by atoms with Gasteiger partial charge in [0.15, 0.2) is 0 Å². The van der Waals surface area contributed by atoms with Gasteiger partial charge in [-0.2, -0.15) is 0 Å². The Balaban J connectivity index is 2.25. The molecule has 1 amide bonds. The van der Waals surface area contributed by atoms with Crippen LogP contribution >= 0.6 is 0 Å². The maximum atomic E-state index is 12.9. The van der Waals surface area contributed by atoms with Crippen molar-refractivity contribution in [1.82, 2.24) is 4.90 Å². The normalized spacial score (nSPS) is 19.5. The largest absolute Gasteiger partial charge is 0.332 e. The molecule has 0 N–H and O–H groups in total. The van der Waals surface area contributed by atoms with Crippen molar-refractivity contribution in [3.05, 3.63) is 47.0 Å². The average molecular weight is 299 g/mol.